The number of carbonyl (C=O) groups is 3. The van der Waals surface area contributed by atoms with Crippen LogP contribution >= 0.6 is 11.6 Å². The van der Waals surface area contributed by atoms with E-state index >= 15 is 0 Å². The molecule has 0 saturated carbocycles. The van der Waals surface area contributed by atoms with E-state index in [1.54, 1.807) is 0 Å². The van der Waals surface area contributed by atoms with Crippen LogP contribution in [0.4, 0.5) is 0 Å². The van der Waals surface area contributed by atoms with Gasteiger partial charge in [0.2, 0.25) is 5.75 Å². The van der Waals surface area contributed by atoms with Gasteiger partial charge in [0.15, 0.2) is 17.5 Å². The number of methoxy groups -OCH3 is 2. The van der Waals surface area contributed by atoms with Crippen molar-refractivity contribution in [3.05, 3.63) is 52.8 Å². The van der Waals surface area contributed by atoms with Gasteiger partial charge in [0, 0.05) is 24.4 Å². The summed E-state index contributed by atoms with van der Waals surface area (Å²) in [7, 11) is 2.83. The molecular weight excluding hydrogens is 516 g/mol. The summed E-state index contributed by atoms with van der Waals surface area (Å²) in [6.07, 6.45) is 1.59. The summed E-state index contributed by atoms with van der Waals surface area (Å²) in [4.78, 5) is 42.4. The van der Waals surface area contributed by atoms with Gasteiger partial charge in [-0.05, 0) is 42.9 Å². The van der Waals surface area contributed by atoms with Gasteiger partial charge < -0.3 is 29.0 Å². The van der Waals surface area contributed by atoms with Crippen molar-refractivity contribution in [2.45, 2.75) is 38.8 Å². The van der Waals surface area contributed by atoms with E-state index in [0.29, 0.717) is 18.1 Å². The monoisotopic (exact) mass is 548 g/mol. The summed E-state index contributed by atoms with van der Waals surface area (Å²) >= 11 is 6.01. The fourth-order valence-corrected chi connectivity index (χ4v) is 4.14. The van der Waals surface area contributed by atoms with E-state index in [4.69, 9.17) is 35.3 Å². The number of halogens is 1. The Morgan fingerprint density at radius 1 is 1.13 bits per heavy atom. The average Bonchev–Trinajstić information content (AvgIpc) is 2.94. The lowest BCUT2D eigenvalue weighted by Crippen LogP contribution is -2.46. The molecule has 3 rings (SSSR count). The third-order valence-electron chi connectivity index (χ3n) is 6.43. The molecule has 38 heavy (non-hydrogen) atoms. The summed E-state index contributed by atoms with van der Waals surface area (Å²) in [5.74, 6) is -1.98. The second-order valence-corrected chi connectivity index (χ2v) is 9.50. The van der Waals surface area contributed by atoms with Crippen molar-refractivity contribution >= 4 is 29.4 Å². The first-order valence-corrected chi connectivity index (χ1v) is 12.7. The highest BCUT2D eigenvalue weighted by Crippen LogP contribution is 2.30. The minimum Gasteiger partial charge on any atom is -0.493 e. The lowest BCUT2D eigenvalue weighted by molar-refractivity contribution is -0.153. The molecule has 1 aliphatic rings. The molecule has 0 bridgehead atoms. The van der Waals surface area contributed by atoms with Gasteiger partial charge in [0.1, 0.15) is 6.10 Å². The molecule has 2 heterocycles. The van der Waals surface area contributed by atoms with E-state index in [0.717, 1.165) is 5.56 Å². The average molecular weight is 549 g/mol. The number of hydrogen-bond donors (Lipinski definition) is 1. The number of esters is 2. The lowest BCUT2D eigenvalue weighted by atomic mass is 9.85. The van der Waals surface area contributed by atoms with E-state index in [2.05, 4.69) is 10.3 Å². The molecule has 10 nitrogen and oxygen atoms in total. The maximum absolute atomic E-state index is 13.2. The highest BCUT2D eigenvalue weighted by atomic mass is 35.5. The van der Waals surface area contributed by atoms with Crippen LogP contribution in [0, 0.1) is 11.8 Å². The molecule has 1 N–H and O–H groups in total. The molecule has 0 aliphatic carbocycles. The molecule has 11 heteroatoms. The zero-order chi connectivity index (χ0) is 27.7. The second kappa shape index (κ2) is 14.1. The van der Waals surface area contributed by atoms with Crippen molar-refractivity contribution in [1.82, 2.24) is 10.3 Å². The zero-order valence-corrected chi connectivity index (χ0v) is 22.7. The van der Waals surface area contributed by atoms with Crippen LogP contribution in [0.2, 0.25) is 5.02 Å². The molecule has 1 fully saturated rings. The van der Waals surface area contributed by atoms with Gasteiger partial charge in [0.25, 0.3) is 5.91 Å². The molecule has 2 aromatic rings. The highest BCUT2D eigenvalue weighted by molar-refractivity contribution is 6.30. The van der Waals surface area contributed by atoms with E-state index in [1.165, 1.54) is 26.5 Å². The van der Waals surface area contributed by atoms with Crippen LogP contribution in [0.5, 0.6) is 11.5 Å². The number of ether oxygens (including phenoxy) is 5. The first kappa shape index (κ1) is 29.3. The molecule has 1 aromatic carbocycles. The Morgan fingerprint density at radius 3 is 2.55 bits per heavy atom. The Kier molecular flexibility index (Phi) is 10.9. The summed E-state index contributed by atoms with van der Waals surface area (Å²) in [5.41, 5.74) is 0.874. The SMILES string of the molecule is COCCC(=O)Oc1c(OC)ccnc1C(=O)N[C@H]1COC[C@H](Cc2ccc(Cl)cc2)[C@@H](C)[C@H](C)OC1=O. The van der Waals surface area contributed by atoms with Gasteiger partial charge in [-0.25, -0.2) is 9.78 Å². The number of pyridine rings is 1. The molecule has 0 unspecified atom stereocenters. The van der Waals surface area contributed by atoms with Crippen molar-refractivity contribution in [1.29, 1.82) is 0 Å². The minimum absolute atomic E-state index is 0.0118. The fourth-order valence-electron chi connectivity index (χ4n) is 4.01. The maximum Gasteiger partial charge on any atom is 0.331 e. The normalized spacial score (nSPS) is 21.9. The van der Waals surface area contributed by atoms with Gasteiger partial charge in [-0.2, -0.15) is 0 Å². The summed E-state index contributed by atoms with van der Waals surface area (Å²) in [5, 5.41) is 3.27. The quantitative estimate of drug-likeness (QED) is 0.470. The topological polar surface area (TPSA) is 122 Å². The molecule has 1 saturated heterocycles. The molecule has 0 spiro atoms. The summed E-state index contributed by atoms with van der Waals surface area (Å²) in [6.45, 7) is 4.22. The Bertz CT molecular complexity index is 1110. The Labute approximate surface area is 226 Å². The second-order valence-electron chi connectivity index (χ2n) is 9.06. The molecule has 1 amide bonds. The molecule has 4 atom stereocenters. The minimum atomic E-state index is -1.10. The molecule has 206 valence electrons. The molecule has 1 aromatic heterocycles. The number of cyclic esters (lactones) is 1. The third-order valence-corrected chi connectivity index (χ3v) is 6.69. The Morgan fingerprint density at radius 2 is 1.87 bits per heavy atom. The number of benzene rings is 1. The van der Waals surface area contributed by atoms with Crippen LogP contribution in [0.15, 0.2) is 36.5 Å². The molecule has 0 radical (unpaired) electrons. The lowest BCUT2D eigenvalue weighted by Gasteiger charge is -2.27. The molecule has 1 aliphatic heterocycles. The number of rotatable bonds is 9. The third kappa shape index (κ3) is 7.89. The van der Waals surface area contributed by atoms with Gasteiger partial charge in [0.05, 0.1) is 33.4 Å². The van der Waals surface area contributed by atoms with E-state index in [1.807, 2.05) is 38.1 Å². The van der Waals surface area contributed by atoms with Crippen LogP contribution in [-0.2, 0) is 30.2 Å². The van der Waals surface area contributed by atoms with Gasteiger partial charge in [-0.1, -0.05) is 30.7 Å². The van der Waals surface area contributed by atoms with Crippen molar-refractivity contribution in [2.24, 2.45) is 11.8 Å². The number of aromatic nitrogens is 1. The number of hydrogen-bond acceptors (Lipinski definition) is 9. The summed E-state index contributed by atoms with van der Waals surface area (Å²) in [6, 6.07) is 7.95. The van der Waals surface area contributed by atoms with Crippen molar-refractivity contribution in [2.75, 3.05) is 34.0 Å². The number of carbonyl (C=O) groups excluding carboxylic acids is 3. The Hall–Kier alpha value is -3.21. The van der Waals surface area contributed by atoms with Crippen molar-refractivity contribution < 1.29 is 38.1 Å². The van der Waals surface area contributed by atoms with Crippen LogP contribution in [0.3, 0.4) is 0 Å². The zero-order valence-electron chi connectivity index (χ0n) is 21.9. The predicted octanol–water partition coefficient (Wildman–Crippen LogP) is 3.24. The van der Waals surface area contributed by atoms with E-state index < -0.39 is 30.0 Å². The van der Waals surface area contributed by atoms with Crippen molar-refractivity contribution in [3.63, 3.8) is 0 Å². The first-order valence-electron chi connectivity index (χ1n) is 12.3. The van der Waals surface area contributed by atoms with Crippen molar-refractivity contribution in [3.8, 4) is 11.5 Å². The van der Waals surface area contributed by atoms with Crippen LogP contribution in [-0.4, -0.2) is 69.0 Å². The first-order chi connectivity index (χ1) is 18.2. The number of amides is 1. The fraction of sp³-hybridized carbons (Fsp3) is 0.481. The van der Waals surface area contributed by atoms with Crippen LogP contribution < -0.4 is 14.8 Å². The predicted molar refractivity (Wildman–Crippen MR) is 138 cm³/mol. The smallest absolute Gasteiger partial charge is 0.331 e. The van der Waals surface area contributed by atoms with E-state index in [-0.39, 0.29) is 48.7 Å². The number of nitrogens with zero attached hydrogens (tertiary/aromatic N) is 1. The van der Waals surface area contributed by atoms with E-state index in [9.17, 15) is 14.4 Å². The summed E-state index contributed by atoms with van der Waals surface area (Å²) < 4.78 is 27.1. The Balaban J connectivity index is 1.74. The van der Waals surface area contributed by atoms with Gasteiger partial charge in [-0.3, -0.25) is 9.59 Å². The highest BCUT2D eigenvalue weighted by Gasteiger charge is 2.33. The maximum atomic E-state index is 13.2. The standard InChI is InChI=1S/C27H33ClN2O8/c1-16-17(2)37-27(33)21(15-36-14-19(16)13-18-5-7-20(28)8-6-18)30-26(32)24-25(22(35-4)9-11-29-24)38-23(31)10-12-34-3/h5-9,11,16-17,19,21H,10,12-15H2,1-4H3,(H,30,32)/t16-,17-,19-,21-/m0/s1. The van der Waals surface area contributed by atoms with Gasteiger partial charge in [-0.15, -0.1) is 0 Å². The van der Waals surface area contributed by atoms with Crippen LogP contribution in [0.25, 0.3) is 0 Å². The number of nitrogens with one attached hydrogen (secondary N) is 1. The van der Waals surface area contributed by atoms with Crippen LogP contribution in [0.1, 0.15) is 36.3 Å². The molecular formula is C27H33ClN2O8. The largest absolute Gasteiger partial charge is 0.493 e. The van der Waals surface area contributed by atoms with Gasteiger partial charge >= 0.3 is 11.9 Å².